The molecule has 14 heteroatoms. The molecule has 43 heavy (non-hydrogen) atoms. The third-order valence-corrected chi connectivity index (χ3v) is 8.18. The van der Waals surface area contributed by atoms with Crippen LogP contribution in [0.4, 0.5) is 32.3 Å². The molecule has 0 unspecified atom stereocenters. The van der Waals surface area contributed by atoms with Gasteiger partial charge in [0.1, 0.15) is 0 Å². The number of anilines is 4. The summed E-state index contributed by atoms with van der Waals surface area (Å²) in [6.07, 6.45) is 0. The number of carbonyl (C=O) groups is 2. The Kier molecular flexibility index (Phi) is 7.77. The van der Waals surface area contributed by atoms with Gasteiger partial charge in [-0.15, -0.1) is 0 Å². The van der Waals surface area contributed by atoms with Crippen LogP contribution in [0, 0.1) is 6.92 Å². The number of carbonyl (C=O) groups excluding carboxylic acids is 2. The predicted molar refractivity (Wildman–Crippen MR) is 164 cm³/mol. The van der Waals surface area contributed by atoms with Crippen molar-refractivity contribution in [2.24, 2.45) is 0 Å². The fourth-order valence-electron chi connectivity index (χ4n) is 4.34. The first-order chi connectivity index (χ1) is 20.2. The number of hydrogen-bond acceptors (Lipinski definition) is 6. The second kappa shape index (κ2) is 11.3. The maximum atomic E-state index is 12.7. The number of fused-ring (bicyclic) bond motifs is 2. The van der Waals surface area contributed by atoms with Gasteiger partial charge in [0.25, 0.3) is 20.2 Å². The van der Waals surface area contributed by atoms with E-state index in [2.05, 4.69) is 21.3 Å². The molecule has 0 radical (unpaired) electrons. The molecule has 0 aliphatic rings. The molecule has 0 spiro atoms. The fraction of sp³-hybridized carbons (Fsp3) is 0.0345. The van der Waals surface area contributed by atoms with E-state index in [-0.39, 0.29) is 9.79 Å². The van der Waals surface area contributed by atoms with Gasteiger partial charge in [-0.1, -0.05) is 30.3 Å². The standard InChI is InChI=1S/C29H24N4O8S2/c1-17-2-7-24(32-28(34)30-22-8-3-20-14-25(42(36,37)38)10-5-18(20)12-22)16-27(17)33-29(35)31-23-9-4-21-15-26(43(39,40)41)11-6-19(21)13-23/h2-16H,1H3,(H2,30,32,34)(H2,31,33,35)(H,36,37,38)(H,39,40,41). The van der Waals surface area contributed by atoms with Crippen LogP contribution >= 0.6 is 0 Å². The molecule has 0 saturated carbocycles. The third-order valence-electron chi connectivity index (χ3n) is 6.48. The minimum atomic E-state index is -4.34. The molecule has 220 valence electrons. The summed E-state index contributed by atoms with van der Waals surface area (Å²) in [4.78, 5) is 24.9. The Hall–Kier alpha value is -5.02. The number of hydrogen-bond donors (Lipinski definition) is 6. The van der Waals surface area contributed by atoms with E-state index in [0.29, 0.717) is 44.3 Å². The number of urea groups is 2. The van der Waals surface area contributed by atoms with Gasteiger partial charge >= 0.3 is 12.1 Å². The van der Waals surface area contributed by atoms with E-state index in [4.69, 9.17) is 0 Å². The molecule has 0 aliphatic heterocycles. The average molecular weight is 621 g/mol. The van der Waals surface area contributed by atoms with Gasteiger partial charge in [-0.2, -0.15) is 16.8 Å². The number of nitrogens with one attached hydrogen (secondary N) is 4. The van der Waals surface area contributed by atoms with Crippen molar-refractivity contribution >= 4 is 76.6 Å². The zero-order chi connectivity index (χ0) is 30.9. The van der Waals surface area contributed by atoms with Gasteiger partial charge in [-0.05, 0) is 94.7 Å². The lowest BCUT2D eigenvalue weighted by Crippen LogP contribution is -2.21. The Balaban J connectivity index is 1.23. The Labute approximate surface area is 246 Å². The monoisotopic (exact) mass is 620 g/mol. The Morgan fingerprint density at radius 2 is 0.884 bits per heavy atom. The summed E-state index contributed by atoms with van der Waals surface area (Å²) in [7, 11) is -8.67. The molecule has 0 fully saturated rings. The molecular formula is C29H24N4O8S2. The topological polar surface area (TPSA) is 191 Å². The number of rotatable bonds is 6. The first-order valence-corrected chi connectivity index (χ1v) is 15.4. The largest absolute Gasteiger partial charge is 0.323 e. The lowest BCUT2D eigenvalue weighted by molar-refractivity contribution is 0.261. The van der Waals surface area contributed by atoms with Crippen molar-refractivity contribution in [3.8, 4) is 0 Å². The van der Waals surface area contributed by atoms with Crippen LogP contribution in [-0.4, -0.2) is 38.0 Å². The molecule has 5 aromatic carbocycles. The molecule has 5 aromatic rings. The predicted octanol–water partition coefficient (Wildman–Crippen LogP) is 6.08. The molecule has 6 N–H and O–H groups in total. The highest BCUT2D eigenvalue weighted by molar-refractivity contribution is 7.86. The molecule has 0 saturated heterocycles. The normalized spacial score (nSPS) is 11.7. The molecule has 0 aromatic heterocycles. The molecular weight excluding hydrogens is 596 g/mol. The maximum Gasteiger partial charge on any atom is 0.323 e. The summed E-state index contributed by atoms with van der Waals surface area (Å²) >= 11 is 0. The first kappa shape index (κ1) is 29.5. The molecule has 0 aliphatic carbocycles. The van der Waals surface area contributed by atoms with Crippen molar-refractivity contribution in [3.05, 3.63) is 96.6 Å². The van der Waals surface area contributed by atoms with Crippen LogP contribution in [0.1, 0.15) is 5.56 Å². The van der Waals surface area contributed by atoms with Gasteiger partial charge in [0.15, 0.2) is 0 Å². The van der Waals surface area contributed by atoms with Crippen LogP contribution in [0.2, 0.25) is 0 Å². The first-order valence-electron chi connectivity index (χ1n) is 12.5. The number of amides is 4. The van der Waals surface area contributed by atoms with Crippen molar-refractivity contribution in [1.82, 2.24) is 0 Å². The second-order valence-corrected chi connectivity index (χ2v) is 12.4. The van der Waals surface area contributed by atoms with E-state index < -0.39 is 32.3 Å². The van der Waals surface area contributed by atoms with Gasteiger partial charge in [0, 0.05) is 22.7 Å². The molecule has 0 heterocycles. The average Bonchev–Trinajstić information content (AvgIpc) is 2.93. The SMILES string of the molecule is Cc1ccc(NC(=O)Nc2ccc3cc(S(=O)(=O)O)ccc3c2)cc1NC(=O)Nc1ccc2cc(S(=O)(=O)O)ccc2c1. The quantitative estimate of drug-likeness (QED) is 0.123. The van der Waals surface area contributed by atoms with Crippen LogP contribution in [0.5, 0.6) is 0 Å². The Morgan fingerprint density at radius 1 is 0.512 bits per heavy atom. The van der Waals surface area contributed by atoms with Gasteiger partial charge < -0.3 is 21.3 Å². The van der Waals surface area contributed by atoms with E-state index in [1.165, 1.54) is 36.4 Å². The lowest BCUT2D eigenvalue weighted by Gasteiger charge is -2.13. The van der Waals surface area contributed by atoms with Crippen molar-refractivity contribution in [3.63, 3.8) is 0 Å². The van der Waals surface area contributed by atoms with E-state index in [0.717, 1.165) is 5.56 Å². The van der Waals surface area contributed by atoms with Crippen LogP contribution in [0.15, 0.2) is 101 Å². The summed E-state index contributed by atoms with van der Waals surface area (Å²) < 4.78 is 64.0. The zero-order valence-corrected chi connectivity index (χ0v) is 24.0. The van der Waals surface area contributed by atoms with E-state index in [9.17, 15) is 35.5 Å². The molecule has 4 amide bonds. The number of benzene rings is 5. The summed E-state index contributed by atoms with van der Waals surface area (Å²) in [5.74, 6) is 0. The summed E-state index contributed by atoms with van der Waals surface area (Å²) in [5.41, 5.74) is 2.46. The third kappa shape index (κ3) is 7.07. The van der Waals surface area contributed by atoms with Crippen molar-refractivity contribution in [1.29, 1.82) is 0 Å². The van der Waals surface area contributed by atoms with E-state index in [1.807, 2.05) is 0 Å². The van der Waals surface area contributed by atoms with Crippen LogP contribution in [0.3, 0.4) is 0 Å². The van der Waals surface area contributed by atoms with Crippen molar-refractivity contribution in [2.75, 3.05) is 21.3 Å². The van der Waals surface area contributed by atoms with E-state index >= 15 is 0 Å². The Bertz CT molecular complexity index is 2150. The van der Waals surface area contributed by atoms with Gasteiger partial charge in [-0.25, -0.2) is 9.59 Å². The second-order valence-electron chi connectivity index (χ2n) is 9.59. The van der Waals surface area contributed by atoms with Gasteiger partial charge in [-0.3, -0.25) is 9.11 Å². The van der Waals surface area contributed by atoms with Crippen molar-refractivity contribution < 1.29 is 35.5 Å². The zero-order valence-electron chi connectivity index (χ0n) is 22.3. The Morgan fingerprint density at radius 3 is 1.35 bits per heavy atom. The molecule has 12 nitrogen and oxygen atoms in total. The van der Waals surface area contributed by atoms with E-state index in [1.54, 1.807) is 61.5 Å². The highest BCUT2D eigenvalue weighted by Gasteiger charge is 2.13. The molecule has 5 rings (SSSR count). The highest BCUT2D eigenvalue weighted by atomic mass is 32.2. The van der Waals surface area contributed by atoms with Crippen LogP contribution < -0.4 is 21.3 Å². The summed E-state index contributed by atoms with van der Waals surface area (Å²) in [5, 5.41) is 13.3. The maximum absolute atomic E-state index is 12.7. The number of aryl methyl sites for hydroxylation is 1. The fourth-order valence-corrected chi connectivity index (χ4v) is 5.37. The van der Waals surface area contributed by atoms with Gasteiger partial charge in [0.2, 0.25) is 0 Å². The van der Waals surface area contributed by atoms with Gasteiger partial charge in [0.05, 0.1) is 9.79 Å². The van der Waals surface area contributed by atoms with Crippen LogP contribution in [-0.2, 0) is 20.2 Å². The highest BCUT2D eigenvalue weighted by Crippen LogP contribution is 2.25. The molecule has 0 atom stereocenters. The summed E-state index contributed by atoms with van der Waals surface area (Å²) in [6.45, 7) is 1.78. The van der Waals surface area contributed by atoms with Crippen LogP contribution in [0.25, 0.3) is 21.5 Å². The lowest BCUT2D eigenvalue weighted by atomic mass is 10.1. The summed E-state index contributed by atoms with van der Waals surface area (Å²) in [6, 6.07) is 21.8. The smallest absolute Gasteiger partial charge is 0.308 e. The minimum Gasteiger partial charge on any atom is -0.308 e. The minimum absolute atomic E-state index is 0.231. The van der Waals surface area contributed by atoms with Crippen molar-refractivity contribution in [2.45, 2.75) is 16.7 Å². The molecule has 0 bridgehead atoms.